The maximum Gasteiger partial charge on any atom is 0.225 e. The van der Waals surface area contributed by atoms with Gasteiger partial charge < -0.3 is 14.5 Å². The highest BCUT2D eigenvalue weighted by Gasteiger charge is 2.29. The van der Waals surface area contributed by atoms with Crippen molar-refractivity contribution >= 4 is 5.91 Å². The third kappa shape index (κ3) is 3.67. The van der Waals surface area contributed by atoms with Crippen molar-refractivity contribution in [2.24, 2.45) is 17.7 Å². The summed E-state index contributed by atoms with van der Waals surface area (Å²) in [5.41, 5.74) is 0. The predicted molar refractivity (Wildman–Crippen MR) is 67.6 cm³/mol. The van der Waals surface area contributed by atoms with E-state index in [1.807, 2.05) is 4.90 Å². The zero-order chi connectivity index (χ0) is 12.8. The summed E-state index contributed by atoms with van der Waals surface area (Å²) in [6, 6.07) is 0. The van der Waals surface area contributed by atoms with Gasteiger partial charge >= 0.3 is 0 Å². The minimum atomic E-state index is 0.197. The molecule has 2 aliphatic heterocycles. The van der Waals surface area contributed by atoms with Crippen LogP contribution in [0.1, 0.15) is 32.1 Å². The monoisotopic (exact) mass is 256 g/mol. The number of piperidine rings is 1. The fraction of sp³-hybridized carbons (Fsp3) is 0.923. The Bertz CT molecular complexity index is 259. The number of ether oxygens (including phenoxy) is 1. The van der Waals surface area contributed by atoms with Crippen molar-refractivity contribution in [2.75, 3.05) is 32.9 Å². The van der Waals surface area contributed by atoms with Gasteiger partial charge in [-0.15, -0.1) is 0 Å². The van der Waals surface area contributed by atoms with Crippen LogP contribution in [0.15, 0.2) is 0 Å². The number of amides is 1. The van der Waals surface area contributed by atoms with Gasteiger partial charge in [0.2, 0.25) is 5.91 Å². The summed E-state index contributed by atoms with van der Waals surface area (Å²) < 4.78 is 5.30. The quantitative estimate of drug-likeness (QED) is 0.760. The van der Waals surface area contributed by atoms with E-state index < -0.39 is 0 Å². The molecule has 5 heteroatoms. The van der Waals surface area contributed by atoms with Crippen LogP contribution in [0.5, 0.6) is 0 Å². The van der Waals surface area contributed by atoms with E-state index in [0.717, 1.165) is 58.4 Å². The molecule has 0 atom stereocenters. The van der Waals surface area contributed by atoms with Gasteiger partial charge in [-0.2, -0.15) is 0 Å². The number of hydrogen-bond donors (Lipinski definition) is 1. The van der Waals surface area contributed by atoms with Gasteiger partial charge in [-0.05, 0) is 38.0 Å². The Labute approximate surface area is 109 Å². The third-order valence-electron chi connectivity index (χ3n) is 4.14. The first-order valence-electron chi connectivity index (χ1n) is 6.99. The number of nitrogens with zero attached hydrogens (tertiary/aromatic N) is 1. The minimum Gasteiger partial charge on any atom is -0.381 e. The number of rotatable bonds is 4. The summed E-state index contributed by atoms with van der Waals surface area (Å²) in [6.45, 7) is 3.89. The highest BCUT2D eigenvalue weighted by molar-refractivity contribution is 5.79. The van der Waals surface area contributed by atoms with Crippen molar-refractivity contribution < 1.29 is 14.4 Å². The fourth-order valence-corrected chi connectivity index (χ4v) is 2.88. The summed E-state index contributed by atoms with van der Waals surface area (Å²) in [4.78, 5) is 19.0. The molecule has 0 radical (unpaired) electrons. The average Bonchev–Trinajstić information content (AvgIpc) is 2.46. The van der Waals surface area contributed by atoms with E-state index in [9.17, 15) is 4.79 Å². The summed E-state index contributed by atoms with van der Waals surface area (Å²) in [5, 5.41) is 0. The van der Waals surface area contributed by atoms with Crippen molar-refractivity contribution in [1.29, 1.82) is 0 Å². The third-order valence-corrected chi connectivity index (χ3v) is 4.14. The van der Waals surface area contributed by atoms with Crippen molar-refractivity contribution in [3.63, 3.8) is 0 Å². The van der Waals surface area contributed by atoms with Crippen molar-refractivity contribution in [2.45, 2.75) is 32.1 Å². The van der Waals surface area contributed by atoms with Gasteiger partial charge in [0.05, 0.1) is 6.61 Å². The lowest BCUT2D eigenvalue weighted by molar-refractivity contribution is -0.140. The van der Waals surface area contributed by atoms with Gasteiger partial charge in [0, 0.05) is 32.2 Å². The Kier molecular flexibility index (Phi) is 5.41. The molecule has 0 saturated carbocycles. The number of carbonyl (C=O) groups is 1. The van der Waals surface area contributed by atoms with Crippen molar-refractivity contribution in [1.82, 2.24) is 4.90 Å². The molecule has 0 bridgehead atoms. The van der Waals surface area contributed by atoms with Gasteiger partial charge in [-0.25, -0.2) is 5.90 Å². The molecule has 0 aromatic carbocycles. The molecule has 104 valence electrons. The molecule has 1 amide bonds. The Morgan fingerprint density at radius 1 is 1.22 bits per heavy atom. The van der Waals surface area contributed by atoms with E-state index in [1.165, 1.54) is 0 Å². The number of nitrogens with two attached hydrogens (primary N) is 1. The van der Waals surface area contributed by atoms with Gasteiger partial charge in [0.15, 0.2) is 0 Å². The van der Waals surface area contributed by atoms with E-state index in [0.29, 0.717) is 18.4 Å². The molecule has 5 nitrogen and oxygen atoms in total. The van der Waals surface area contributed by atoms with Crippen LogP contribution in [0.3, 0.4) is 0 Å². The fourth-order valence-electron chi connectivity index (χ4n) is 2.88. The van der Waals surface area contributed by atoms with Crippen LogP contribution in [0.4, 0.5) is 0 Å². The second kappa shape index (κ2) is 7.07. The van der Waals surface area contributed by atoms with Gasteiger partial charge in [0.1, 0.15) is 0 Å². The minimum absolute atomic E-state index is 0.197. The van der Waals surface area contributed by atoms with Gasteiger partial charge in [-0.1, -0.05) is 0 Å². The highest BCUT2D eigenvalue weighted by atomic mass is 16.6. The van der Waals surface area contributed by atoms with Crippen LogP contribution < -0.4 is 5.90 Å². The number of hydrogen-bond acceptors (Lipinski definition) is 4. The first kappa shape index (κ1) is 13.8. The smallest absolute Gasteiger partial charge is 0.225 e. The van der Waals surface area contributed by atoms with E-state index in [1.54, 1.807) is 0 Å². The molecule has 2 N–H and O–H groups in total. The van der Waals surface area contributed by atoms with Crippen LogP contribution >= 0.6 is 0 Å². The molecule has 0 spiro atoms. The molecule has 0 aromatic rings. The summed E-state index contributed by atoms with van der Waals surface area (Å²) in [7, 11) is 0. The topological polar surface area (TPSA) is 64.8 Å². The van der Waals surface area contributed by atoms with Gasteiger partial charge in [0.25, 0.3) is 0 Å². The Morgan fingerprint density at radius 2 is 1.89 bits per heavy atom. The van der Waals surface area contributed by atoms with Crippen LogP contribution in [0, 0.1) is 11.8 Å². The number of carbonyl (C=O) groups excluding carboxylic acids is 1. The van der Waals surface area contributed by atoms with Crippen molar-refractivity contribution in [3.05, 3.63) is 0 Å². The first-order chi connectivity index (χ1) is 8.81. The summed E-state index contributed by atoms with van der Waals surface area (Å²) in [6.07, 6.45) is 4.95. The van der Waals surface area contributed by atoms with Crippen LogP contribution in [0.25, 0.3) is 0 Å². The molecule has 2 saturated heterocycles. The lowest BCUT2D eigenvalue weighted by Crippen LogP contribution is -2.43. The van der Waals surface area contributed by atoms with Gasteiger partial charge in [-0.3, -0.25) is 4.79 Å². The van der Waals surface area contributed by atoms with E-state index in [2.05, 4.69) is 4.84 Å². The van der Waals surface area contributed by atoms with E-state index in [4.69, 9.17) is 10.6 Å². The molecule has 0 aromatic heterocycles. The average molecular weight is 256 g/mol. The Morgan fingerprint density at radius 3 is 2.50 bits per heavy atom. The second-order valence-corrected chi connectivity index (χ2v) is 5.31. The largest absolute Gasteiger partial charge is 0.381 e. The SMILES string of the molecule is NOCCC1CCN(C(=O)C2CCOCC2)CC1. The summed E-state index contributed by atoms with van der Waals surface area (Å²) in [5.74, 6) is 6.24. The molecule has 0 aliphatic carbocycles. The molecule has 2 rings (SSSR count). The lowest BCUT2D eigenvalue weighted by Gasteiger charge is -2.35. The molecular weight excluding hydrogens is 232 g/mol. The molecule has 2 heterocycles. The predicted octanol–water partition coefficient (Wildman–Crippen LogP) is 0.932. The second-order valence-electron chi connectivity index (χ2n) is 5.31. The first-order valence-corrected chi connectivity index (χ1v) is 6.99. The maximum atomic E-state index is 12.3. The van der Waals surface area contributed by atoms with Crippen molar-refractivity contribution in [3.8, 4) is 0 Å². The van der Waals surface area contributed by atoms with Crippen LogP contribution in [0.2, 0.25) is 0 Å². The molecule has 2 fully saturated rings. The zero-order valence-corrected chi connectivity index (χ0v) is 11.0. The van der Waals surface area contributed by atoms with Crippen LogP contribution in [-0.2, 0) is 14.4 Å². The Hall–Kier alpha value is -0.650. The normalized spacial score (nSPS) is 23.3. The Balaban J connectivity index is 1.73. The molecular formula is C13H24N2O3. The highest BCUT2D eigenvalue weighted by Crippen LogP contribution is 2.24. The summed E-state index contributed by atoms with van der Waals surface area (Å²) >= 11 is 0. The maximum absolute atomic E-state index is 12.3. The zero-order valence-electron chi connectivity index (χ0n) is 11.0. The standard InChI is InChI=1S/C13H24N2O3/c14-18-10-3-11-1-6-15(7-2-11)13(16)12-4-8-17-9-5-12/h11-12H,1-10,14H2. The number of likely N-dealkylation sites (tertiary alicyclic amines) is 1. The van der Waals surface area contributed by atoms with E-state index >= 15 is 0 Å². The molecule has 2 aliphatic rings. The van der Waals surface area contributed by atoms with E-state index in [-0.39, 0.29) is 5.92 Å². The lowest BCUT2D eigenvalue weighted by atomic mass is 9.92. The molecule has 18 heavy (non-hydrogen) atoms. The van der Waals surface area contributed by atoms with Crippen LogP contribution in [-0.4, -0.2) is 43.7 Å². The molecule has 0 unspecified atom stereocenters.